The highest BCUT2D eigenvalue weighted by Crippen LogP contribution is 2.54. The van der Waals surface area contributed by atoms with Crippen molar-refractivity contribution in [1.82, 2.24) is 14.4 Å². The number of imidazole rings is 1. The summed E-state index contributed by atoms with van der Waals surface area (Å²) in [4.78, 5) is 59.3. The number of hydrogen-bond acceptors (Lipinski definition) is 14. The van der Waals surface area contributed by atoms with Gasteiger partial charge in [-0.2, -0.15) is 0 Å². The van der Waals surface area contributed by atoms with Crippen molar-refractivity contribution in [2.75, 3.05) is 12.4 Å². The van der Waals surface area contributed by atoms with Crippen molar-refractivity contribution in [2.24, 2.45) is 29.4 Å². The molecule has 18 nitrogen and oxygen atoms in total. The molecule has 0 aliphatic carbocycles. The van der Waals surface area contributed by atoms with E-state index in [4.69, 9.17) is 34.8 Å². The number of aromatic hydroxyl groups is 2. The van der Waals surface area contributed by atoms with Crippen LogP contribution in [0.25, 0.3) is 38.4 Å². The molecule has 3 aromatic carbocycles. The number of esters is 1. The number of allylic oxidation sites excluding steroid dienone is 2. The summed E-state index contributed by atoms with van der Waals surface area (Å²) in [5.41, 5.74) is 9.62. The minimum atomic E-state index is -1.96. The Morgan fingerprint density at radius 1 is 0.972 bits per heavy atom. The Balaban J connectivity index is 0.000000430. The number of methoxy groups -OCH3 is 1. The van der Waals surface area contributed by atoms with Gasteiger partial charge < -0.3 is 60.5 Å². The zero-order valence-electron chi connectivity index (χ0n) is 41.9. The number of aliphatic carboxylic acids is 1. The number of nitrogens with one attached hydrogen (secondary N) is 2. The van der Waals surface area contributed by atoms with Gasteiger partial charge in [0.25, 0.3) is 11.7 Å². The number of para-hydroxylation sites is 1. The van der Waals surface area contributed by atoms with Crippen molar-refractivity contribution >= 4 is 67.7 Å². The molecule has 6 aromatic rings. The number of hydrogen-bond donors (Lipinski definition) is 8. The maximum atomic E-state index is 14.6. The predicted octanol–water partition coefficient (Wildman–Crippen LogP) is 7.28. The van der Waals surface area contributed by atoms with E-state index in [1.807, 2.05) is 49.5 Å². The first kappa shape index (κ1) is 52.6. The van der Waals surface area contributed by atoms with Gasteiger partial charge in [-0.1, -0.05) is 64.1 Å². The molecule has 3 aromatic heterocycles. The van der Waals surface area contributed by atoms with Crippen LogP contribution >= 0.6 is 0 Å². The number of nitrogens with zero attached hydrogens (tertiary/aromatic N) is 2. The molecule has 10 atom stereocenters. The molecule has 1 amide bonds. The Morgan fingerprint density at radius 3 is 2.36 bits per heavy atom. The lowest BCUT2D eigenvalue weighted by molar-refractivity contribution is -0.160. The second-order valence-corrected chi connectivity index (χ2v) is 19.1. The minimum absolute atomic E-state index is 0.0185. The van der Waals surface area contributed by atoms with E-state index in [0.717, 1.165) is 22.0 Å². The summed E-state index contributed by atoms with van der Waals surface area (Å²) in [6, 6.07) is 10.6. The van der Waals surface area contributed by atoms with Crippen molar-refractivity contribution in [3.63, 3.8) is 0 Å². The Labute approximate surface area is 415 Å². The number of carboxylic acids is 1. The highest BCUT2D eigenvalue weighted by Gasteiger charge is 2.50. The molecule has 9 N–H and O–H groups in total. The number of aliphatic hydroxyl groups is 2. The number of phenolic OH excluding ortho intramolecular Hbond substituents is 2. The maximum absolute atomic E-state index is 14.6. The molecule has 0 radical (unpaired) electrons. The van der Waals surface area contributed by atoms with Gasteiger partial charge in [0, 0.05) is 90.9 Å². The molecule has 5 heterocycles. The fourth-order valence-corrected chi connectivity index (χ4v) is 9.65. The van der Waals surface area contributed by atoms with Crippen molar-refractivity contribution in [3.05, 3.63) is 107 Å². The highest BCUT2D eigenvalue weighted by molar-refractivity contribution is 6.28. The molecule has 8 rings (SSSR count). The van der Waals surface area contributed by atoms with Crippen LogP contribution in [0.2, 0.25) is 0 Å². The van der Waals surface area contributed by atoms with E-state index in [-0.39, 0.29) is 55.7 Å². The first-order valence-electron chi connectivity index (χ1n) is 23.7. The number of aliphatic hydroxyl groups excluding tert-OH is 2. The third kappa shape index (κ3) is 9.86. The molecular weight excluding hydrogens is 927 g/mol. The number of aromatic amines is 1. The molecule has 0 fully saturated rings. The SMILES string of the molecule is CO[C@H]1/C=C/O[C@@]2(C)Oc3c(C)c(O)c4c(O)c(c5c(nc6cc(C)ccn65)c4c3C2=O)NC(=O)/C(C)=C\C=C\[C@H](C)[C@H](O)[C@@H](C)[C@@H](O)[C@@H](C)[C@H](OC(C)=O)[C@@H]1C.NC(Cc1c[nH]c2ccccc12)C(=O)O. The van der Waals surface area contributed by atoms with Gasteiger partial charge in [0.05, 0.1) is 35.5 Å². The van der Waals surface area contributed by atoms with Crippen molar-refractivity contribution < 1.29 is 63.7 Å². The molecule has 0 saturated heterocycles. The first-order chi connectivity index (χ1) is 34.0. The number of fused-ring (bicyclic) bond motifs is 3. The summed E-state index contributed by atoms with van der Waals surface area (Å²) in [7, 11) is 1.46. The molecule has 2 aliphatic heterocycles. The van der Waals surface area contributed by atoms with Gasteiger partial charge in [-0.25, -0.2) is 4.98 Å². The van der Waals surface area contributed by atoms with Crippen LogP contribution in [0.1, 0.15) is 75.5 Å². The Kier molecular flexibility index (Phi) is 15.2. The first-order valence-corrected chi connectivity index (χ1v) is 23.7. The molecule has 18 heteroatoms. The number of carbonyl (C=O) groups is 4. The number of carboxylic acid groups (broad SMARTS) is 1. The molecule has 382 valence electrons. The second kappa shape index (κ2) is 20.8. The van der Waals surface area contributed by atoms with Gasteiger partial charge in [-0.3, -0.25) is 23.6 Å². The topological polar surface area (TPSA) is 277 Å². The number of aromatic nitrogens is 3. The van der Waals surface area contributed by atoms with Crippen LogP contribution in [0.3, 0.4) is 0 Å². The summed E-state index contributed by atoms with van der Waals surface area (Å²) >= 11 is 0. The standard InChI is InChI=1S/C43H51N3O11.C11H12N2O2/c1-19-14-16-46-28(18-19)44-32-29-30-37(50)25(7)40-31(29)41(52)43(9,57-40)55-17-15-27(54-10)22(4)39(56-26(8)47)24(6)36(49)23(5)35(48)20(2)12-11-13-21(3)42(53)45-33(34(32)46)38(30)51;12-9(11(14)15)5-7-6-13-10-4-2-1-3-8(7)10/h11-18,20,22-24,27,35-36,39,48-51H,1-10H3,(H,45,53);1-4,6,9,13H,5,12H2,(H,14,15)/b12-11+,17-15+,21-13-;/t20-,22+,23+,24+,27-,35-,36+,39+,43-;/m0./s1. The lowest BCUT2D eigenvalue weighted by Crippen LogP contribution is -2.46. The van der Waals surface area contributed by atoms with E-state index in [0.29, 0.717) is 12.1 Å². The van der Waals surface area contributed by atoms with Gasteiger partial charge in [0.15, 0.2) is 5.75 Å². The summed E-state index contributed by atoms with van der Waals surface area (Å²) in [6.07, 6.45) is 7.78. The van der Waals surface area contributed by atoms with Crippen molar-refractivity contribution in [3.8, 4) is 17.2 Å². The van der Waals surface area contributed by atoms with Crippen LogP contribution < -0.4 is 15.8 Å². The second-order valence-electron chi connectivity index (χ2n) is 19.1. The van der Waals surface area contributed by atoms with Gasteiger partial charge in [0.1, 0.15) is 46.0 Å². The predicted molar refractivity (Wildman–Crippen MR) is 271 cm³/mol. The Bertz CT molecular complexity index is 3190. The molecule has 0 saturated carbocycles. The molecule has 72 heavy (non-hydrogen) atoms. The van der Waals surface area contributed by atoms with Gasteiger partial charge >= 0.3 is 17.7 Å². The molecular formula is C54H63N5O13. The van der Waals surface area contributed by atoms with Gasteiger partial charge in [-0.15, -0.1) is 0 Å². The van der Waals surface area contributed by atoms with E-state index in [1.165, 1.54) is 40.2 Å². The number of nitrogens with two attached hydrogens (primary N) is 1. The Morgan fingerprint density at radius 2 is 1.68 bits per heavy atom. The lowest BCUT2D eigenvalue weighted by Gasteiger charge is -2.38. The number of H-pyrrole nitrogens is 1. The number of Topliss-reactive ketones (excluding diaryl/α,β-unsaturated/α-hetero) is 1. The van der Waals surface area contributed by atoms with E-state index >= 15 is 0 Å². The summed E-state index contributed by atoms with van der Waals surface area (Å²) in [5, 5.41) is 59.1. The number of amides is 1. The maximum Gasteiger partial charge on any atom is 0.320 e. The van der Waals surface area contributed by atoms with Crippen LogP contribution in [0, 0.1) is 37.5 Å². The van der Waals surface area contributed by atoms with Crippen LogP contribution in [0.5, 0.6) is 17.2 Å². The van der Waals surface area contributed by atoms with E-state index < -0.39 is 89.3 Å². The van der Waals surface area contributed by atoms with Crippen LogP contribution in [0.4, 0.5) is 5.69 Å². The number of phenols is 2. The quantitative estimate of drug-likeness (QED) is 0.0622. The van der Waals surface area contributed by atoms with Crippen LogP contribution in [0.15, 0.2) is 84.9 Å². The number of aryl methyl sites for hydroxylation is 1. The fraction of sp³-hybridized carbons (Fsp3) is 0.389. The molecule has 1 unspecified atom stereocenters. The average Bonchev–Trinajstić information content (AvgIpc) is 4.01. The number of ether oxygens (including phenoxy) is 4. The number of pyridine rings is 1. The van der Waals surface area contributed by atoms with E-state index in [9.17, 15) is 39.6 Å². The van der Waals surface area contributed by atoms with E-state index in [2.05, 4.69) is 10.3 Å². The zero-order chi connectivity index (χ0) is 52.7. The van der Waals surface area contributed by atoms with E-state index in [1.54, 1.807) is 63.4 Å². The third-order valence-corrected chi connectivity index (χ3v) is 14.0. The fourth-order valence-electron chi connectivity index (χ4n) is 9.65. The zero-order valence-corrected chi connectivity index (χ0v) is 41.9. The van der Waals surface area contributed by atoms with Gasteiger partial charge in [-0.05, 0) is 56.2 Å². The minimum Gasteiger partial charge on any atom is -0.507 e. The van der Waals surface area contributed by atoms with Crippen LogP contribution in [-0.4, -0.2) is 107 Å². The van der Waals surface area contributed by atoms with Gasteiger partial charge in [0.2, 0.25) is 0 Å². The van der Waals surface area contributed by atoms with Crippen molar-refractivity contribution in [1.29, 1.82) is 0 Å². The normalized spacial score (nSPS) is 27.1. The number of carbonyl (C=O) groups excluding carboxylic acids is 3. The summed E-state index contributed by atoms with van der Waals surface area (Å²) < 4.78 is 25.5. The van der Waals surface area contributed by atoms with Crippen LogP contribution in [-0.2, 0) is 35.0 Å². The molecule has 4 bridgehead atoms. The molecule has 2 aliphatic rings. The average molecular weight is 990 g/mol. The number of ketones is 1. The largest absolute Gasteiger partial charge is 0.507 e. The monoisotopic (exact) mass is 989 g/mol. The number of rotatable bonds is 5. The Hall–Kier alpha value is -7.25. The number of benzene rings is 3. The smallest absolute Gasteiger partial charge is 0.320 e. The van der Waals surface area contributed by atoms with Crippen molar-refractivity contribution in [2.45, 2.75) is 105 Å². The summed E-state index contributed by atoms with van der Waals surface area (Å²) in [6.45, 7) is 14.7. The third-order valence-electron chi connectivity index (χ3n) is 14.0. The molecule has 0 spiro atoms. The number of anilines is 1. The lowest BCUT2D eigenvalue weighted by atomic mass is 9.78. The summed E-state index contributed by atoms with van der Waals surface area (Å²) in [5.74, 6) is -7.93. The highest BCUT2D eigenvalue weighted by atomic mass is 16.7.